The smallest absolute Gasteiger partial charge is 0.324 e. The highest BCUT2D eigenvalue weighted by atomic mass is 35.5. The van der Waals surface area contributed by atoms with Crippen LogP contribution in [-0.4, -0.2) is 37.9 Å². The maximum atomic E-state index is 12.6. The molecule has 1 aromatic carbocycles. The van der Waals surface area contributed by atoms with E-state index in [9.17, 15) is 13.2 Å². The Morgan fingerprint density at radius 2 is 2.15 bits per heavy atom. The Kier molecular flexibility index (Phi) is 4.67. The highest BCUT2D eigenvalue weighted by molar-refractivity contribution is 7.89. The van der Waals surface area contributed by atoms with E-state index in [1.165, 1.54) is 16.4 Å². The maximum absolute atomic E-state index is 12.6. The molecule has 0 bridgehead atoms. The standard InChI is InChI=1S/C13H16ClNO4S/c1-2-19-13(16)11-7-5-9-15(11)20(17,18)12-8-4-3-6-10(12)14/h3-4,6,8,11H,2,5,7,9H2,1H3. The Labute approximate surface area is 123 Å². The molecule has 0 aromatic heterocycles. The number of rotatable bonds is 4. The number of carbonyl (C=O) groups excluding carboxylic acids is 1. The molecule has 0 amide bonds. The van der Waals surface area contributed by atoms with Gasteiger partial charge in [-0.1, -0.05) is 23.7 Å². The van der Waals surface area contributed by atoms with Crippen LogP contribution in [0.5, 0.6) is 0 Å². The zero-order valence-corrected chi connectivity index (χ0v) is 12.7. The number of hydrogen-bond donors (Lipinski definition) is 0. The second-order valence-corrected chi connectivity index (χ2v) is 6.72. The van der Waals surface area contributed by atoms with Crippen LogP contribution in [0.1, 0.15) is 19.8 Å². The molecule has 1 saturated heterocycles. The van der Waals surface area contributed by atoms with Crippen molar-refractivity contribution in [3.05, 3.63) is 29.3 Å². The first kappa shape index (κ1) is 15.3. The molecule has 1 heterocycles. The summed E-state index contributed by atoms with van der Waals surface area (Å²) < 4.78 is 31.3. The molecule has 5 nitrogen and oxygen atoms in total. The SMILES string of the molecule is CCOC(=O)C1CCCN1S(=O)(=O)c1ccccc1Cl. The van der Waals surface area contributed by atoms with Crippen molar-refractivity contribution in [2.75, 3.05) is 13.2 Å². The van der Waals surface area contributed by atoms with Gasteiger partial charge in [0.15, 0.2) is 0 Å². The number of benzene rings is 1. The van der Waals surface area contributed by atoms with E-state index in [1.54, 1.807) is 19.1 Å². The summed E-state index contributed by atoms with van der Waals surface area (Å²) in [5.74, 6) is -0.499. The number of esters is 1. The van der Waals surface area contributed by atoms with Crippen molar-refractivity contribution in [3.8, 4) is 0 Å². The molecule has 20 heavy (non-hydrogen) atoms. The van der Waals surface area contributed by atoms with E-state index in [1.807, 2.05) is 0 Å². The molecule has 1 aliphatic rings. The number of sulfonamides is 1. The molecule has 0 spiro atoms. The highest BCUT2D eigenvalue weighted by Crippen LogP contribution is 2.30. The van der Waals surface area contributed by atoms with Crippen molar-refractivity contribution in [1.29, 1.82) is 0 Å². The number of ether oxygens (including phenoxy) is 1. The molecule has 7 heteroatoms. The molecule has 0 aliphatic carbocycles. The Morgan fingerprint density at radius 3 is 2.80 bits per heavy atom. The first-order chi connectivity index (χ1) is 9.48. The average Bonchev–Trinajstić information content (AvgIpc) is 2.89. The van der Waals surface area contributed by atoms with Crippen molar-refractivity contribution >= 4 is 27.6 Å². The van der Waals surface area contributed by atoms with Gasteiger partial charge in [0.25, 0.3) is 0 Å². The molecular weight excluding hydrogens is 302 g/mol. The summed E-state index contributed by atoms with van der Waals surface area (Å²) in [7, 11) is -3.78. The topological polar surface area (TPSA) is 63.7 Å². The van der Waals surface area contributed by atoms with Gasteiger partial charge < -0.3 is 4.74 Å². The van der Waals surface area contributed by atoms with Gasteiger partial charge in [-0.05, 0) is 31.9 Å². The first-order valence-electron chi connectivity index (χ1n) is 6.41. The van der Waals surface area contributed by atoms with Crippen LogP contribution < -0.4 is 0 Å². The molecular formula is C13H16ClNO4S. The molecule has 2 rings (SSSR count). The van der Waals surface area contributed by atoms with Gasteiger partial charge in [-0.25, -0.2) is 8.42 Å². The lowest BCUT2D eigenvalue weighted by Crippen LogP contribution is -2.41. The maximum Gasteiger partial charge on any atom is 0.324 e. The van der Waals surface area contributed by atoms with Crippen molar-refractivity contribution in [2.24, 2.45) is 0 Å². The molecule has 1 unspecified atom stereocenters. The van der Waals surface area contributed by atoms with Crippen LogP contribution >= 0.6 is 11.6 Å². The predicted molar refractivity (Wildman–Crippen MR) is 75.0 cm³/mol. The fourth-order valence-electron chi connectivity index (χ4n) is 2.28. The fourth-order valence-corrected chi connectivity index (χ4v) is 4.42. The van der Waals surface area contributed by atoms with Crippen LogP contribution in [-0.2, 0) is 19.6 Å². The van der Waals surface area contributed by atoms with E-state index in [2.05, 4.69) is 0 Å². The third kappa shape index (κ3) is 2.82. The third-order valence-corrected chi connectivity index (χ3v) is 5.59. The minimum Gasteiger partial charge on any atom is -0.465 e. The second kappa shape index (κ2) is 6.11. The number of halogens is 1. The molecule has 1 atom stereocenters. The Morgan fingerprint density at radius 1 is 1.45 bits per heavy atom. The summed E-state index contributed by atoms with van der Waals surface area (Å²) in [6, 6.07) is 5.47. The van der Waals surface area contributed by atoms with Crippen LogP contribution in [0.4, 0.5) is 0 Å². The summed E-state index contributed by atoms with van der Waals surface area (Å²) >= 11 is 5.95. The normalized spacial score (nSPS) is 20.0. The Balaban J connectivity index is 2.34. The van der Waals surface area contributed by atoms with E-state index >= 15 is 0 Å². The van der Waals surface area contributed by atoms with E-state index in [4.69, 9.17) is 16.3 Å². The van der Waals surface area contributed by atoms with Gasteiger partial charge in [-0.3, -0.25) is 4.79 Å². The number of nitrogens with zero attached hydrogens (tertiary/aromatic N) is 1. The summed E-state index contributed by atoms with van der Waals surface area (Å²) in [4.78, 5) is 11.9. The quantitative estimate of drug-likeness (QED) is 0.797. The average molecular weight is 318 g/mol. The van der Waals surface area contributed by atoms with Gasteiger partial charge in [0, 0.05) is 6.54 Å². The van der Waals surface area contributed by atoms with E-state index < -0.39 is 22.0 Å². The van der Waals surface area contributed by atoms with Crippen molar-refractivity contribution < 1.29 is 17.9 Å². The zero-order valence-electron chi connectivity index (χ0n) is 11.1. The van der Waals surface area contributed by atoms with Gasteiger partial charge in [-0.2, -0.15) is 4.31 Å². The van der Waals surface area contributed by atoms with Gasteiger partial charge in [0.1, 0.15) is 10.9 Å². The predicted octanol–water partition coefficient (Wildman–Crippen LogP) is 2.06. The summed E-state index contributed by atoms with van der Waals surface area (Å²) in [6.45, 7) is 2.23. The van der Waals surface area contributed by atoms with Gasteiger partial charge in [0.05, 0.1) is 11.6 Å². The summed E-state index contributed by atoms with van der Waals surface area (Å²) in [6.07, 6.45) is 1.11. The van der Waals surface area contributed by atoms with E-state index in [0.29, 0.717) is 19.4 Å². The molecule has 0 saturated carbocycles. The molecule has 1 aromatic rings. The molecule has 110 valence electrons. The fraction of sp³-hybridized carbons (Fsp3) is 0.462. The first-order valence-corrected chi connectivity index (χ1v) is 8.23. The van der Waals surface area contributed by atoms with Crippen LogP contribution in [0, 0.1) is 0 Å². The monoisotopic (exact) mass is 317 g/mol. The Hall–Kier alpha value is -1.11. The summed E-state index contributed by atoms with van der Waals surface area (Å²) in [5, 5.41) is 0.155. The van der Waals surface area contributed by atoms with Gasteiger partial charge in [-0.15, -0.1) is 0 Å². The van der Waals surface area contributed by atoms with Gasteiger partial charge >= 0.3 is 5.97 Å². The molecule has 0 N–H and O–H groups in total. The van der Waals surface area contributed by atoms with Crippen LogP contribution in [0.25, 0.3) is 0 Å². The lowest BCUT2D eigenvalue weighted by molar-refractivity contribution is -0.146. The van der Waals surface area contributed by atoms with Crippen molar-refractivity contribution in [3.63, 3.8) is 0 Å². The third-order valence-electron chi connectivity index (χ3n) is 3.19. The van der Waals surface area contributed by atoms with Crippen LogP contribution in [0.2, 0.25) is 5.02 Å². The molecule has 0 radical (unpaired) electrons. The number of hydrogen-bond acceptors (Lipinski definition) is 4. The van der Waals surface area contributed by atoms with E-state index in [0.717, 1.165) is 0 Å². The number of carbonyl (C=O) groups is 1. The minimum atomic E-state index is -3.78. The highest BCUT2D eigenvalue weighted by Gasteiger charge is 2.40. The van der Waals surface area contributed by atoms with Crippen LogP contribution in [0.3, 0.4) is 0 Å². The second-order valence-electron chi connectivity index (χ2n) is 4.46. The molecule has 1 aliphatic heterocycles. The van der Waals surface area contributed by atoms with E-state index in [-0.39, 0.29) is 16.5 Å². The minimum absolute atomic E-state index is 0.0258. The zero-order chi connectivity index (χ0) is 14.8. The van der Waals surface area contributed by atoms with Crippen molar-refractivity contribution in [1.82, 2.24) is 4.31 Å². The molecule has 1 fully saturated rings. The van der Waals surface area contributed by atoms with Crippen LogP contribution in [0.15, 0.2) is 29.2 Å². The largest absolute Gasteiger partial charge is 0.465 e. The Bertz CT molecular complexity index is 602. The van der Waals surface area contributed by atoms with Crippen molar-refractivity contribution in [2.45, 2.75) is 30.7 Å². The lowest BCUT2D eigenvalue weighted by Gasteiger charge is -2.23. The summed E-state index contributed by atoms with van der Waals surface area (Å²) in [5.41, 5.74) is 0. The van der Waals surface area contributed by atoms with Gasteiger partial charge in [0.2, 0.25) is 10.0 Å². The lowest BCUT2D eigenvalue weighted by atomic mass is 10.2.